The highest BCUT2D eigenvalue weighted by atomic mass is 35.5. The zero-order valence-electron chi connectivity index (χ0n) is 11.1. The van der Waals surface area contributed by atoms with E-state index in [9.17, 15) is 0 Å². The van der Waals surface area contributed by atoms with E-state index in [1.54, 1.807) is 0 Å². The van der Waals surface area contributed by atoms with Crippen LogP contribution in [0, 0.1) is 19.3 Å². The van der Waals surface area contributed by atoms with Gasteiger partial charge in [0, 0.05) is 24.9 Å². The van der Waals surface area contributed by atoms with E-state index < -0.39 is 0 Å². The van der Waals surface area contributed by atoms with Gasteiger partial charge in [0.2, 0.25) is 0 Å². The minimum absolute atomic E-state index is 0.541. The molecule has 0 aliphatic heterocycles. The van der Waals surface area contributed by atoms with Crippen molar-refractivity contribution in [2.75, 3.05) is 11.9 Å². The predicted molar refractivity (Wildman–Crippen MR) is 76.9 cm³/mol. The Kier molecular flexibility index (Phi) is 6.53. The quantitative estimate of drug-likeness (QED) is 0.465. The van der Waals surface area contributed by atoms with Gasteiger partial charge in [0.1, 0.15) is 16.8 Å². The Morgan fingerprint density at radius 3 is 2.78 bits per heavy atom. The molecule has 3 nitrogen and oxygen atoms in total. The van der Waals surface area contributed by atoms with Gasteiger partial charge in [-0.25, -0.2) is 9.97 Å². The second-order valence-electron chi connectivity index (χ2n) is 4.24. The highest BCUT2D eigenvalue weighted by Crippen LogP contribution is 2.20. The zero-order valence-corrected chi connectivity index (χ0v) is 11.8. The van der Waals surface area contributed by atoms with Gasteiger partial charge in [0.05, 0.1) is 0 Å². The summed E-state index contributed by atoms with van der Waals surface area (Å²) in [6, 6.07) is 0. The molecular weight excluding hydrogens is 246 g/mol. The number of rotatable bonds is 7. The van der Waals surface area contributed by atoms with Crippen LogP contribution < -0.4 is 5.32 Å². The number of nitrogens with zero attached hydrogens (tertiary/aromatic N) is 2. The molecule has 0 radical (unpaired) electrons. The number of anilines is 1. The van der Waals surface area contributed by atoms with Crippen molar-refractivity contribution in [1.82, 2.24) is 9.97 Å². The summed E-state index contributed by atoms with van der Waals surface area (Å²) in [6.45, 7) is 4.90. The molecule has 0 saturated carbocycles. The first-order valence-electron chi connectivity index (χ1n) is 6.39. The van der Waals surface area contributed by atoms with E-state index in [2.05, 4.69) is 28.1 Å². The largest absolute Gasteiger partial charge is 0.370 e. The lowest BCUT2D eigenvalue weighted by atomic mass is 10.2. The number of aromatic nitrogens is 2. The summed E-state index contributed by atoms with van der Waals surface area (Å²) >= 11 is 6.10. The van der Waals surface area contributed by atoms with Crippen LogP contribution in [-0.4, -0.2) is 16.5 Å². The average molecular weight is 266 g/mol. The summed E-state index contributed by atoms with van der Waals surface area (Å²) in [7, 11) is 0. The van der Waals surface area contributed by atoms with Crippen LogP contribution in [0.25, 0.3) is 0 Å². The number of terminal acetylenes is 1. The Bertz CT molecular complexity index is 424. The van der Waals surface area contributed by atoms with Crippen LogP contribution >= 0.6 is 11.6 Å². The second kappa shape index (κ2) is 7.94. The Morgan fingerprint density at radius 1 is 1.33 bits per heavy atom. The van der Waals surface area contributed by atoms with Crippen LogP contribution in [0.4, 0.5) is 5.82 Å². The Hall–Kier alpha value is -1.27. The number of halogens is 1. The van der Waals surface area contributed by atoms with Gasteiger partial charge in [-0.15, -0.1) is 12.3 Å². The summed E-state index contributed by atoms with van der Waals surface area (Å²) in [4.78, 5) is 8.76. The Labute approximate surface area is 114 Å². The van der Waals surface area contributed by atoms with Crippen molar-refractivity contribution >= 4 is 17.4 Å². The topological polar surface area (TPSA) is 37.8 Å². The zero-order chi connectivity index (χ0) is 13.4. The minimum Gasteiger partial charge on any atom is -0.370 e. The summed E-state index contributed by atoms with van der Waals surface area (Å²) < 4.78 is 0. The lowest BCUT2D eigenvalue weighted by Crippen LogP contribution is -2.08. The molecule has 0 atom stereocenters. The van der Waals surface area contributed by atoms with Crippen LogP contribution in [0.3, 0.4) is 0 Å². The predicted octanol–water partition coefficient (Wildman–Crippen LogP) is 3.61. The fourth-order valence-corrected chi connectivity index (χ4v) is 1.79. The van der Waals surface area contributed by atoms with Gasteiger partial charge >= 0.3 is 0 Å². The van der Waals surface area contributed by atoms with Crippen LogP contribution in [-0.2, 0) is 6.42 Å². The maximum atomic E-state index is 6.10. The van der Waals surface area contributed by atoms with Crippen molar-refractivity contribution in [2.24, 2.45) is 0 Å². The molecule has 18 heavy (non-hydrogen) atoms. The van der Waals surface area contributed by atoms with Gasteiger partial charge in [0.15, 0.2) is 0 Å². The molecule has 0 spiro atoms. The van der Waals surface area contributed by atoms with Crippen LogP contribution in [0.15, 0.2) is 0 Å². The third-order valence-corrected chi connectivity index (χ3v) is 3.01. The molecule has 0 saturated heterocycles. The lowest BCUT2D eigenvalue weighted by Gasteiger charge is -2.10. The summed E-state index contributed by atoms with van der Waals surface area (Å²) in [5.74, 6) is 4.29. The van der Waals surface area contributed by atoms with Crippen molar-refractivity contribution in [2.45, 2.75) is 46.0 Å². The van der Waals surface area contributed by atoms with E-state index in [0.717, 1.165) is 55.9 Å². The first-order chi connectivity index (χ1) is 8.69. The van der Waals surface area contributed by atoms with Gasteiger partial charge in [-0.05, 0) is 26.2 Å². The summed E-state index contributed by atoms with van der Waals surface area (Å²) in [5, 5.41) is 3.85. The van der Waals surface area contributed by atoms with Crippen molar-refractivity contribution < 1.29 is 0 Å². The fourth-order valence-electron chi connectivity index (χ4n) is 1.60. The van der Waals surface area contributed by atoms with E-state index >= 15 is 0 Å². The Morgan fingerprint density at radius 2 is 2.11 bits per heavy atom. The van der Waals surface area contributed by atoms with E-state index in [4.69, 9.17) is 18.0 Å². The molecule has 4 heteroatoms. The normalized spacial score (nSPS) is 10.1. The molecule has 0 bridgehead atoms. The standard InChI is InChI=1S/C14H20ClN3/c1-4-6-7-8-10-16-14-11(3)13(15)17-12(18-14)9-5-2/h1H,5-10H2,2-3H3,(H,16,17,18). The van der Waals surface area contributed by atoms with E-state index in [0.29, 0.717) is 5.15 Å². The van der Waals surface area contributed by atoms with Crippen LogP contribution in [0.2, 0.25) is 5.15 Å². The first kappa shape index (κ1) is 14.8. The van der Waals surface area contributed by atoms with Gasteiger partial charge < -0.3 is 5.32 Å². The highest BCUT2D eigenvalue weighted by molar-refractivity contribution is 6.30. The molecule has 0 aromatic carbocycles. The van der Waals surface area contributed by atoms with Crippen LogP contribution in [0.1, 0.15) is 44.0 Å². The van der Waals surface area contributed by atoms with E-state index in [1.807, 2.05) is 6.92 Å². The smallest absolute Gasteiger partial charge is 0.137 e. The number of unbranched alkanes of at least 4 members (excludes halogenated alkanes) is 2. The molecule has 1 heterocycles. The molecule has 1 aromatic rings. The number of hydrogen-bond acceptors (Lipinski definition) is 3. The molecular formula is C14H20ClN3. The summed E-state index contributed by atoms with van der Waals surface area (Å²) in [6.07, 6.45) is 9.97. The Balaban J connectivity index is 2.60. The lowest BCUT2D eigenvalue weighted by molar-refractivity contribution is 0.780. The van der Waals surface area contributed by atoms with Crippen molar-refractivity contribution in [3.8, 4) is 12.3 Å². The average Bonchev–Trinajstić information content (AvgIpc) is 2.35. The number of nitrogens with one attached hydrogen (secondary N) is 1. The first-order valence-corrected chi connectivity index (χ1v) is 6.77. The molecule has 1 aromatic heterocycles. The van der Waals surface area contributed by atoms with Gasteiger partial charge in [-0.1, -0.05) is 18.5 Å². The van der Waals surface area contributed by atoms with Crippen molar-refractivity contribution in [1.29, 1.82) is 0 Å². The fraction of sp³-hybridized carbons (Fsp3) is 0.571. The number of hydrogen-bond donors (Lipinski definition) is 1. The maximum absolute atomic E-state index is 6.10. The number of aryl methyl sites for hydroxylation is 1. The molecule has 0 unspecified atom stereocenters. The molecule has 98 valence electrons. The second-order valence-corrected chi connectivity index (χ2v) is 4.60. The highest BCUT2D eigenvalue weighted by Gasteiger charge is 2.08. The van der Waals surface area contributed by atoms with Crippen molar-refractivity contribution in [3.63, 3.8) is 0 Å². The summed E-state index contributed by atoms with van der Waals surface area (Å²) in [5.41, 5.74) is 0.911. The SMILES string of the molecule is C#CCCCCNc1nc(CCC)nc(Cl)c1C. The molecule has 0 aliphatic carbocycles. The van der Waals surface area contributed by atoms with E-state index in [1.165, 1.54) is 0 Å². The van der Waals surface area contributed by atoms with Gasteiger partial charge in [-0.3, -0.25) is 0 Å². The molecule has 0 amide bonds. The monoisotopic (exact) mass is 265 g/mol. The third kappa shape index (κ3) is 4.54. The third-order valence-electron chi connectivity index (χ3n) is 2.65. The van der Waals surface area contributed by atoms with Crippen LogP contribution in [0.5, 0.6) is 0 Å². The van der Waals surface area contributed by atoms with Crippen molar-refractivity contribution in [3.05, 3.63) is 16.5 Å². The van der Waals surface area contributed by atoms with E-state index in [-0.39, 0.29) is 0 Å². The molecule has 0 fully saturated rings. The molecule has 0 aliphatic rings. The maximum Gasteiger partial charge on any atom is 0.137 e. The van der Waals surface area contributed by atoms with Gasteiger partial charge in [-0.2, -0.15) is 0 Å². The molecule has 1 N–H and O–H groups in total. The van der Waals surface area contributed by atoms with Gasteiger partial charge in [0.25, 0.3) is 0 Å². The molecule has 1 rings (SSSR count). The minimum atomic E-state index is 0.541.